The Balaban J connectivity index is 2.26. The summed E-state index contributed by atoms with van der Waals surface area (Å²) in [6.45, 7) is 3.54. The monoisotopic (exact) mass is 266 g/mol. The van der Waals surface area contributed by atoms with E-state index in [0.717, 1.165) is 11.3 Å². The lowest BCUT2D eigenvalue weighted by Gasteiger charge is -2.16. The molecule has 19 heavy (non-hydrogen) atoms. The highest BCUT2D eigenvalue weighted by atomic mass is 16.8. The minimum absolute atomic E-state index is 0.439. The number of hydrogen-bond acceptors (Lipinski definition) is 5. The van der Waals surface area contributed by atoms with E-state index in [1.165, 1.54) is 7.11 Å². The van der Waals surface area contributed by atoms with Crippen molar-refractivity contribution in [1.29, 1.82) is 0 Å². The molecule has 1 aromatic carbocycles. The first-order chi connectivity index (χ1) is 8.96. The van der Waals surface area contributed by atoms with Crippen molar-refractivity contribution in [3.63, 3.8) is 0 Å². The van der Waals surface area contributed by atoms with Gasteiger partial charge in [0.05, 0.1) is 14.2 Å². The summed E-state index contributed by atoms with van der Waals surface area (Å²) in [6.07, 6.45) is -1.23. The summed E-state index contributed by atoms with van der Waals surface area (Å²) in [7, 11) is 2.94. The van der Waals surface area contributed by atoms with Gasteiger partial charge in [0.15, 0.2) is 11.9 Å². The first-order valence-electron chi connectivity index (χ1n) is 6.04. The SMILES string of the molecule is COC(=O)[C@H]1OC(C)(C)O[C@@H]1c1ccc(OC)cc1. The number of benzene rings is 1. The Morgan fingerprint density at radius 1 is 1.16 bits per heavy atom. The molecule has 2 atom stereocenters. The fourth-order valence-electron chi connectivity index (χ4n) is 2.09. The minimum Gasteiger partial charge on any atom is -0.497 e. The quantitative estimate of drug-likeness (QED) is 0.784. The van der Waals surface area contributed by atoms with E-state index < -0.39 is 24.0 Å². The predicted octanol–water partition coefficient (Wildman–Crippen LogP) is 2.06. The van der Waals surface area contributed by atoms with Crippen LogP contribution in [-0.4, -0.2) is 32.1 Å². The molecule has 1 aliphatic rings. The highest BCUT2D eigenvalue weighted by Crippen LogP contribution is 2.39. The standard InChI is InChI=1S/C14H18O5/c1-14(2)18-11(12(19-14)13(15)17-4)9-5-7-10(16-3)8-6-9/h5-8,11-12H,1-4H3/t11-,12+/m1/s1. The normalized spacial score (nSPS) is 25.1. The van der Waals surface area contributed by atoms with Crippen molar-refractivity contribution in [1.82, 2.24) is 0 Å². The van der Waals surface area contributed by atoms with Gasteiger partial charge in [0, 0.05) is 0 Å². The molecule has 0 radical (unpaired) electrons. The second kappa shape index (κ2) is 5.19. The van der Waals surface area contributed by atoms with Crippen molar-refractivity contribution in [3.05, 3.63) is 29.8 Å². The van der Waals surface area contributed by atoms with Gasteiger partial charge in [0.25, 0.3) is 0 Å². The lowest BCUT2D eigenvalue weighted by Crippen LogP contribution is -2.28. The Morgan fingerprint density at radius 2 is 1.79 bits per heavy atom. The van der Waals surface area contributed by atoms with Crippen molar-refractivity contribution >= 4 is 5.97 Å². The summed E-state index contributed by atoms with van der Waals surface area (Å²) in [5, 5.41) is 0. The molecule has 1 saturated heterocycles. The maximum absolute atomic E-state index is 11.8. The zero-order chi connectivity index (χ0) is 14.0. The molecule has 1 aromatic rings. The summed E-state index contributed by atoms with van der Waals surface area (Å²) >= 11 is 0. The lowest BCUT2D eigenvalue weighted by molar-refractivity contribution is -0.168. The predicted molar refractivity (Wildman–Crippen MR) is 67.8 cm³/mol. The van der Waals surface area contributed by atoms with Gasteiger partial charge in [0.2, 0.25) is 0 Å². The second-order valence-corrected chi connectivity index (χ2v) is 4.77. The number of methoxy groups -OCH3 is 2. The zero-order valence-electron chi connectivity index (χ0n) is 11.5. The Hall–Kier alpha value is -1.59. The molecule has 0 aromatic heterocycles. The smallest absolute Gasteiger partial charge is 0.338 e. The Labute approximate surface area is 112 Å². The molecule has 0 spiro atoms. The fraction of sp³-hybridized carbons (Fsp3) is 0.500. The summed E-state index contributed by atoms with van der Waals surface area (Å²) in [4.78, 5) is 11.8. The van der Waals surface area contributed by atoms with Crippen LogP contribution in [0.3, 0.4) is 0 Å². The number of esters is 1. The van der Waals surface area contributed by atoms with Gasteiger partial charge in [0.1, 0.15) is 11.9 Å². The van der Waals surface area contributed by atoms with Gasteiger partial charge < -0.3 is 18.9 Å². The van der Waals surface area contributed by atoms with E-state index in [9.17, 15) is 4.79 Å². The Bertz CT molecular complexity index is 451. The van der Waals surface area contributed by atoms with Crippen LogP contribution in [0.15, 0.2) is 24.3 Å². The third-order valence-electron chi connectivity index (χ3n) is 2.97. The molecule has 0 amide bonds. The summed E-state index contributed by atoms with van der Waals surface area (Å²) in [5.41, 5.74) is 0.849. The van der Waals surface area contributed by atoms with Crippen LogP contribution in [0.1, 0.15) is 25.5 Å². The molecular formula is C14H18O5. The summed E-state index contributed by atoms with van der Waals surface area (Å²) < 4.78 is 21.2. The molecule has 0 N–H and O–H groups in total. The lowest BCUT2D eigenvalue weighted by atomic mass is 10.0. The summed E-state index contributed by atoms with van der Waals surface area (Å²) in [5.74, 6) is -0.508. The molecule has 0 unspecified atom stereocenters. The van der Waals surface area contributed by atoms with E-state index >= 15 is 0 Å². The number of carbonyl (C=O) groups is 1. The van der Waals surface area contributed by atoms with Crippen molar-refractivity contribution in [3.8, 4) is 5.75 Å². The van der Waals surface area contributed by atoms with Crippen molar-refractivity contribution < 1.29 is 23.7 Å². The van der Waals surface area contributed by atoms with Gasteiger partial charge >= 0.3 is 5.97 Å². The van der Waals surface area contributed by atoms with E-state index in [1.54, 1.807) is 21.0 Å². The van der Waals surface area contributed by atoms with Gasteiger partial charge in [-0.2, -0.15) is 0 Å². The van der Waals surface area contributed by atoms with Crippen LogP contribution in [0.5, 0.6) is 5.75 Å². The summed E-state index contributed by atoms with van der Waals surface area (Å²) in [6, 6.07) is 7.34. The van der Waals surface area contributed by atoms with Crippen molar-refractivity contribution in [2.45, 2.75) is 31.8 Å². The average Bonchev–Trinajstić information content (AvgIpc) is 2.74. The molecule has 1 fully saturated rings. The molecule has 0 aliphatic carbocycles. The van der Waals surface area contributed by atoms with Gasteiger partial charge in [-0.1, -0.05) is 12.1 Å². The maximum atomic E-state index is 11.8. The highest BCUT2D eigenvalue weighted by molar-refractivity contribution is 5.76. The van der Waals surface area contributed by atoms with Crippen LogP contribution in [0.25, 0.3) is 0 Å². The van der Waals surface area contributed by atoms with E-state index in [0.29, 0.717) is 0 Å². The molecule has 5 heteroatoms. The number of hydrogen-bond donors (Lipinski definition) is 0. The van der Waals surface area contributed by atoms with Crippen molar-refractivity contribution in [2.24, 2.45) is 0 Å². The van der Waals surface area contributed by atoms with Crippen LogP contribution < -0.4 is 4.74 Å². The largest absolute Gasteiger partial charge is 0.497 e. The first-order valence-corrected chi connectivity index (χ1v) is 6.04. The van der Waals surface area contributed by atoms with E-state index in [4.69, 9.17) is 18.9 Å². The third-order valence-corrected chi connectivity index (χ3v) is 2.97. The number of rotatable bonds is 3. The Kier molecular flexibility index (Phi) is 3.78. The maximum Gasteiger partial charge on any atom is 0.338 e. The van der Waals surface area contributed by atoms with Gasteiger partial charge in [-0.15, -0.1) is 0 Å². The van der Waals surface area contributed by atoms with E-state index in [1.807, 2.05) is 24.3 Å². The van der Waals surface area contributed by atoms with Crippen LogP contribution >= 0.6 is 0 Å². The second-order valence-electron chi connectivity index (χ2n) is 4.77. The fourth-order valence-corrected chi connectivity index (χ4v) is 2.09. The molecule has 2 rings (SSSR count). The number of ether oxygens (including phenoxy) is 4. The molecule has 0 bridgehead atoms. The average molecular weight is 266 g/mol. The van der Waals surface area contributed by atoms with Crippen molar-refractivity contribution in [2.75, 3.05) is 14.2 Å². The minimum atomic E-state index is -0.816. The Morgan fingerprint density at radius 3 is 2.32 bits per heavy atom. The van der Waals surface area contributed by atoms with Gasteiger partial charge in [-0.3, -0.25) is 0 Å². The molecular weight excluding hydrogens is 248 g/mol. The molecule has 5 nitrogen and oxygen atoms in total. The molecule has 1 aliphatic heterocycles. The van der Waals surface area contributed by atoms with Crippen LogP contribution in [0.2, 0.25) is 0 Å². The van der Waals surface area contributed by atoms with E-state index in [-0.39, 0.29) is 0 Å². The van der Waals surface area contributed by atoms with Gasteiger partial charge in [-0.05, 0) is 31.5 Å². The van der Waals surface area contributed by atoms with Gasteiger partial charge in [-0.25, -0.2) is 4.79 Å². The highest BCUT2D eigenvalue weighted by Gasteiger charge is 2.46. The molecule has 104 valence electrons. The number of carbonyl (C=O) groups excluding carboxylic acids is 1. The zero-order valence-corrected chi connectivity index (χ0v) is 11.5. The van der Waals surface area contributed by atoms with Crippen LogP contribution in [0.4, 0.5) is 0 Å². The first kappa shape index (κ1) is 13.8. The van der Waals surface area contributed by atoms with Crippen LogP contribution in [0, 0.1) is 0 Å². The molecule has 0 saturated carbocycles. The molecule has 1 heterocycles. The van der Waals surface area contributed by atoms with E-state index in [2.05, 4.69) is 0 Å². The topological polar surface area (TPSA) is 54.0 Å². The third kappa shape index (κ3) is 2.88. The van der Waals surface area contributed by atoms with Crippen LogP contribution in [-0.2, 0) is 19.0 Å².